The Morgan fingerprint density at radius 3 is 1.94 bits per heavy atom. The number of nitrogens with zero attached hydrogens (tertiary/aromatic N) is 3. The summed E-state index contributed by atoms with van der Waals surface area (Å²) in [4.78, 5) is 14.1. The van der Waals surface area contributed by atoms with Crippen LogP contribution in [0.25, 0.3) is 0 Å². The lowest BCUT2D eigenvalue weighted by atomic mass is 9.89. The number of likely N-dealkylation sites (tertiary alicyclic amines) is 1. The lowest BCUT2D eigenvalue weighted by Gasteiger charge is -2.41. The van der Waals surface area contributed by atoms with Gasteiger partial charge in [-0.05, 0) is 124 Å². The second kappa shape index (κ2) is 19.2. The van der Waals surface area contributed by atoms with Gasteiger partial charge >= 0.3 is 6.18 Å². The molecule has 0 aromatic heterocycles. The van der Waals surface area contributed by atoms with E-state index >= 15 is 0 Å². The summed E-state index contributed by atoms with van der Waals surface area (Å²) in [6, 6.07) is 15.1. The van der Waals surface area contributed by atoms with Gasteiger partial charge in [0.05, 0.1) is 12.2 Å². The molecule has 2 aromatic carbocycles. The summed E-state index contributed by atoms with van der Waals surface area (Å²) in [6.07, 6.45) is 9.46. The van der Waals surface area contributed by atoms with Gasteiger partial charge in [0.1, 0.15) is 12.5 Å². The molecule has 10 heteroatoms. The first-order chi connectivity index (χ1) is 22.7. The Morgan fingerprint density at radius 1 is 0.809 bits per heavy atom. The van der Waals surface area contributed by atoms with Crippen LogP contribution in [0.3, 0.4) is 0 Å². The van der Waals surface area contributed by atoms with Crippen LogP contribution in [0.2, 0.25) is 0 Å². The van der Waals surface area contributed by atoms with Gasteiger partial charge in [-0.1, -0.05) is 44.2 Å². The van der Waals surface area contributed by atoms with Crippen LogP contribution in [0, 0.1) is 11.8 Å². The summed E-state index contributed by atoms with van der Waals surface area (Å²) in [5, 5.41) is 0. The number of ether oxygens (including phenoxy) is 1. The van der Waals surface area contributed by atoms with Crippen molar-refractivity contribution in [3.8, 4) is 5.75 Å². The van der Waals surface area contributed by atoms with Gasteiger partial charge in [-0.2, -0.15) is 13.2 Å². The van der Waals surface area contributed by atoms with Crippen molar-refractivity contribution in [3.63, 3.8) is 0 Å². The highest BCUT2D eigenvalue weighted by molar-refractivity contribution is 7.97. The quantitative estimate of drug-likeness (QED) is 0.284. The molecule has 262 valence electrons. The van der Waals surface area contributed by atoms with Crippen LogP contribution in [-0.4, -0.2) is 79.9 Å². The first kappa shape index (κ1) is 37.7. The number of nitrogens with two attached hydrogens (primary N) is 1. The molecule has 2 aliphatic heterocycles. The van der Waals surface area contributed by atoms with E-state index in [1.165, 1.54) is 87.9 Å². The largest absolute Gasteiger partial charge is 0.493 e. The SMILES string of the molecule is C=O.CN1CCC(N)CC1.FC(F)(F)c1ccc(C(C2CCCC2)N2CCN(Sc3ccc(OCC4CCCCC4)cc3)CC2)cc1. The molecule has 2 heterocycles. The summed E-state index contributed by atoms with van der Waals surface area (Å²) in [7, 11) is 2.14. The molecule has 1 unspecified atom stereocenters. The van der Waals surface area contributed by atoms with E-state index in [9.17, 15) is 13.2 Å². The monoisotopic (exact) mass is 676 g/mol. The molecule has 47 heavy (non-hydrogen) atoms. The predicted molar refractivity (Wildman–Crippen MR) is 185 cm³/mol. The van der Waals surface area contributed by atoms with Crippen LogP contribution in [0.1, 0.15) is 87.8 Å². The Labute approximate surface area is 284 Å². The summed E-state index contributed by atoms with van der Waals surface area (Å²) in [5.41, 5.74) is 6.14. The molecule has 2 saturated carbocycles. The predicted octanol–water partition coefficient (Wildman–Crippen LogP) is 8.08. The summed E-state index contributed by atoms with van der Waals surface area (Å²) >= 11 is 1.79. The fourth-order valence-electron chi connectivity index (χ4n) is 7.34. The fraction of sp³-hybridized carbons (Fsp3) is 0.649. The molecule has 0 bridgehead atoms. The van der Waals surface area contributed by atoms with Gasteiger partial charge in [0.15, 0.2) is 0 Å². The van der Waals surface area contributed by atoms with Crippen molar-refractivity contribution in [1.29, 1.82) is 0 Å². The minimum absolute atomic E-state index is 0.206. The molecule has 2 N–H and O–H groups in total. The van der Waals surface area contributed by atoms with E-state index < -0.39 is 11.7 Å². The number of hydrogen-bond acceptors (Lipinski definition) is 7. The Balaban J connectivity index is 0.000000433. The highest BCUT2D eigenvalue weighted by Gasteiger charge is 2.35. The highest BCUT2D eigenvalue weighted by atomic mass is 32.2. The van der Waals surface area contributed by atoms with E-state index in [2.05, 4.69) is 45.4 Å². The lowest BCUT2D eigenvalue weighted by Crippen LogP contribution is -2.46. The van der Waals surface area contributed by atoms with Gasteiger partial charge in [-0.25, -0.2) is 4.31 Å². The summed E-state index contributed by atoms with van der Waals surface area (Å²) < 4.78 is 47.8. The minimum atomic E-state index is -4.29. The molecule has 6 rings (SSSR count). The van der Waals surface area contributed by atoms with Gasteiger partial charge in [-0.3, -0.25) is 4.90 Å². The van der Waals surface area contributed by atoms with E-state index in [1.807, 2.05) is 6.79 Å². The molecule has 6 nitrogen and oxygen atoms in total. The fourth-order valence-corrected chi connectivity index (χ4v) is 8.24. The number of carbonyl (C=O) groups excluding carboxylic acids is 1. The van der Waals surface area contributed by atoms with Crippen LogP contribution < -0.4 is 10.5 Å². The number of carbonyl (C=O) groups is 1. The average molecular weight is 677 g/mol. The van der Waals surface area contributed by atoms with Gasteiger partial charge in [0.2, 0.25) is 0 Å². The van der Waals surface area contributed by atoms with E-state index in [0.717, 1.165) is 56.9 Å². The maximum Gasteiger partial charge on any atom is 0.416 e. The molecule has 2 saturated heterocycles. The molecule has 0 spiro atoms. The third-order valence-electron chi connectivity index (χ3n) is 10.1. The van der Waals surface area contributed by atoms with E-state index in [0.29, 0.717) is 17.9 Å². The molecule has 1 atom stereocenters. The number of alkyl halides is 3. The van der Waals surface area contributed by atoms with Gasteiger partial charge in [-0.15, -0.1) is 0 Å². The average Bonchev–Trinajstić information content (AvgIpc) is 3.63. The highest BCUT2D eigenvalue weighted by Crippen LogP contribution is 2.41. The Kier molecular flexibility index (Phi) is 15.4. The van der Waals surface area contributed by atoms with Crippen molar-refractivity contribution in [2.24, 2.45) is 17.6 Å². The van der Waals surface area contributed by atoms with E-state index in [1.54, 1.807) is 24.1 Å². The Bertz CT molecular complexity index is 1130. The number of piperazine rings is 1. The van der Waals surface area contributed by atoms with E-state index in [4.69, 9.17) is 15.3 Å². The Hall–Kier alpha value is -2.11. The first-order valence-corrected chi connectivity index (χ1v) is 18.3. The molecule has 4 fully saturated rings. The summed E-state index contributed by atoms with van der Waals surface area (Å²) in [5.74, 6) is 2.18. The van der Waals surface area contributed by atoms with Gasteiger partial charge in [0.25, 0.3) is 0 Å². The number of benzene rings is 2. The zero-order valence-electron chi connectivity index (χ0n) is 28.1. The molecule has 2 aromatic rings. The minimum Gasteiger partial charge on any atom is -0.493 e. The number of rotatable bonds is 8. The van der Waals surface area contributed by atoms with Crippen LogP contribution >= 0.6 is 11.9 Å². The van der Waals surface area contributed by atoms with Gasteiger partial charge in [0, 0.05) is 43.2 Å². The van der Waals surface area contributed by atoms with Crippen molar-refractivity contribution in [3.05, 3.63) is 59.7 Å². The van der Waals surface area contributed by atoms with Crippen molar-refractivity contribution in [2.75, 3.05) is 52.9 Å². The normalized spacial score (nSPS) is 21.7. The second-order valence-electron chi connectivity index (χ2n) is 13.6. The number of piperidine rings is 1. The van der Waals surface area contributed by atoms with Crippen molar-refractivity contribution in [1.82, 2.24) is 14.1 Å². The van der Waals surface area contributed by atoms with Crippen LogP contribution in [0.15, 0.2) is 53.4 Å². The zero-order valence-corrected chi connectivity index (χ0v) is 29.0. The van der Waals surface area contributed by atoms with Crippen molar-refractivity contribution >= 4 is 18.7 Å². The molecule has 0 amide bonds. The maximum absolute atomic E-state index is 13.1. The molecule has 2 aliphatic carbocycles. The van der Waals surface area contributed by atoms with Gasteiger partial charge < -0.3 is 20.2 Å². The zero-order chi connectivity index (χ0) is 33.6. The molecule has 0 radical (unpaired) electrons. The summed E-state index contributed by atoms with van der Waals surface area (Å²) in [6.45, 7) is 8.93. The lowest BCUT2D eigenvalue weighted by molar-refractivity contribution is -0.137. The topological polar surface area (TPSA) is 62.0 Å². The molecule has 4 aliphatic rings. The van der Waals surface area contributed by atoms with Crippen molar-refractivity contribution in [2.45, 2.75) is 93.8 Å². The van der Waals surface area contributed by atoms with Crippen LogP contribution in [-0.2, 0) is 11.0 Å². The first-order valence-electron chi connectivity index (χ1n) is 17.5. The second-order valence-corrected chi connectivity index (χ2v) is 14.8. The maximum atomic E-state index is 13.1. The van der Waals surface area contributed by atoms with Crippen LogP contribution in [0.5, 0.6) is 5.75 Å². The standard InChI is InChI=1S/C30H39F3N2OS.C6H14N2.CH2O/c31-30(32,33)26-12-10-25(11-13-26)29(24-8-4-5-9-24)34-18-20-35(21-19-34)37-28-16-14-27(15-17-28)36-22-23-6-2-1-3-7-23;1-8-4-2-6(7)3-5-8;1-2/h10-17,23-24,29H,1-9,18-22H2;6H,2-5,7H2,1H3;1H2. The smallest absolute Gasteiger partial charge is 0.416 e. The van der Waals surface area contributed by atoms with E-state index in [-0.39, 0.29) is 6.04 Å². The Morgan fingerprint density at radius 2 is 1.38 bits per heavy atom. The third-order valence-corrected chi connectivity index (χ3v) is 11.2. The molecular formula is C37H55F3N4O2S. The van der Waals surface area contributed by atoms with Crippen molar-refractivity contribution < 1.29 is 22.7 Å². The van der Waals surface area contributed by atoms with Crippen LogP contribution in [0.4, 0.5) is 13.2 Å². The molecular weight excluding hydrogens is 621 g/mol. The third kappa shape index (κ3) is 12.1. The number of halogens is 3. The number of hydrogen-bond donors (Lipinski definition) is 1.